The van der Waals surface area contributed by atoms with Crippen molar-refractivity contribution in [2.45, 2.75) is 52.2 Å². The summed E-state index contributed by atoms with van der Waals surface area (Å²) in [5.74, 6) is 0. The number of ether oxygens (including phenoxy) is 1. The predicted octanol–water partition coefficient (Wildman–Crippen LogP) is 1.89. The largest absolute Gasteiger partial charge is 0.391 e. The molecule has 2 unspecified atom stereocenters. The lowest BCUT2D eigenvalue weighted by Gasteiger charge is -2.33. The van der Waals surface area contributed by atoms with Gasteiger partial charge in [-0.1, -0.05) is 27.2 Å². The Morgan fingerprint density at radius 2 is 1.93 bits per heavy atom. The van der Waals surface area contributed by atoms with Crippen LogP contribution in [0, 0.1) is 0 Å². The lowest BCUT2D eigenvalue weighted by Crippen LogP contribution is -2.44. The molecule has 0 radical (unpaired) electrons. The van der Waals surface area contributed by atoms with E-state index >= 15 is 0 Å². The molecule has 1 N–H and O–H groups in total. The molecule has 0 saturated carbocycles. The lowest BCUT2D eigenvalue weighted by atomic mass is 10.0. The fraction of sp³-hybridized carbons (Fsp3) is 1.00. The number of aliphatic hydroxyl groups excluding tert-OH is 1. The molecule has 0 spiro atoms. The smallest absolute Gasteiger partial charge is 0.0695 e. The molecule has 0 aromatic carbocycles. The van der Waals surface area contributed by atoms with Crippen molar-refractivity contribution in [3.63, 3.8) is 0 Å². The van der Waals surface area contributed by atoms with Crippen molar-refractivity contribution in [2.24, 2.45) is 0 Å². The maximum Gasteiger partial charge on any atom is 0.0695 e. The van der Waals surface area contributed by atoms with Crippen LogP contribution in [0.4, 0.5) is 0 Å². The molecule has 0 aliphatic rings. The summed E-state index contributed by atoms with van der Waals surface area (Å²) in [6.07, 6.45) is 2.73. The standard InChI is InChI=1S/C12H27NO2/c1-5-8-12(14)11(6-2)13(7-3)9-10-15-4/h11-12,14H,5-10H2,1-4H3. The first-order chi connectivity index (χ1) is 7.21. The van der Waals surface area contributed by atoms with E-state index in [0.717, 1.165) is 39.0 Å². The molecule has 0 saturated heterocycles. The van der Waals surface area contributed by atoms with Gasteiger partial charge in [-0.15, -0.1) is 0 Å². The molecule has 0 heterocycles. The molecule has 3 nitrogen and oxygen atoms in total. The van der Waals surface area contributed by atoms with Gasteiger partial charge in [0, 0.05) is 19.7 Å². The molecule has 0 fully saturated rings. The third-order valence-electron chi connectivity index (χ3n) is 2.90. The Morgan fingerprint density at radius 1 is 1.27 bits per heavy atom. The zero-order valence-corrected chi connectivity index (χ0v) is 10.7. The second kappa shape index (κ2) is 9.13. The molecule has 3 heteroatoms. The Labute approximate surface area is 94.4 Å². The summed E-state index contributed by atoms with van der Waals surface area (Å²) in [5.41, 5.74) is 0. The summed E-state index contributed by atoms with van der Waals surface area (Å²) < 4.78 is 5.09. The molecular weight excluding hydrogens is 190 g/mol. The molecule has 0 bridgehead atoms. The Balaban J connectivity index is 4.18. The van der Waals surface area contributed by atoms with Gasteiger partial charge in [-0.25, -0.2) is 0 Å². The monoisotopic (exact) mass is 217 g/mol. The van der Waals surface area contributed by atoms with Crippen LogP contribution in [0.5, 0.6) is 0 Å². The van der Waals surface area contributed by atoms with E-state index in [2.05, 4.69) is 25.7 Å². The van der Waals surface area contributed by atoms with Crippen LogP contribution in [-0.4, -0.2) is 49.0 Å². The average Bonchev–Trinajstić information content (AvgIpc) is 2.24. The van der Waals surface area contributed by atoms with Crippen molar-refractivity contribution in [3.05, 3.63) is 0 Å². The van der Waals surface area contributed by atoms with Gasteiger partial charge in [0.1, 0.15) is 0 Å². The third-order valence-corrected chi connectivity index (χ3v) is 2.90. The van der Waals surface area contributed by atoms with Crippen molar-refractivity contribution in [1.82, 2.24) is 4.90 Å². The van der Waals surface area contributed by atoms with Crippen LogP contribution in [0.15, 0.2) is 0 Å². The topological polar surface area (TPSA) is 32.7 Å². The van der Waals surface area contributed by atoms with Crippen LogP contribution in [-0.2, 0) is 4.74 Å². The van der Waals surface area contributed by atoms with Gasteiger partial charge in [0.2, 0.25) is 0 Å². The molecule has 92 valence electrons. The second-order valence-corrected chi connectivity index (χ2v) is 3.95. The normalized spacial score (nSPS) is 15.6. The Morgan fingerprint density at radius 3 is 2.33 bits per heavy atom. The summed E-state index contributed by atoms with van der Waals surface area (Å²) in [6.45, 7) is 9.01. The summed E-state index contributed by atoms with van der Waals surface area (Å²) in [4.78, 5) is 2.31. The fourth-order valence-corrected chi connectivity index (χ4v) is 2.03. The van der Waals surface area contributed by atoms with Gasteiger partial charge in [0.15, 0.2) is 0 Å². The van der Waals surface area contributed by atoms with E-state index in [0.29, 0.717) is 0 Å². The molecule has 0 aliphatic carbocycles. The summed E-state index contributed by atoms with van der Waals surface area (Å²) in [6, 6.07) is 0.282. The Hall–Kier alpha value is -0.120. The molecule has 2 atom stereocenters. The van der Waals surface area contributed by atoms with Crippen molar-refractivity contribution in [2.75, 3.05) is 26.8 Å². The van der Waals surface area contributed by atoms with Crippen LogP contribution in [0.3, 0.4) is 0 Å². The quantitative estimate of drug-likeness (QED) is 0.640. The van der Waals surface area contributed by atoms with Crippen LogP contribution < -0.4 is 0 Å². The summed E-state index contributed by atoms with van der Waals surface area (Å²) in [7, 11) is 1.72. The van der Waals surface area contributed by atoms with Crippen LogP contribution in [0.25, 0.3) is 0 Å². The predicted molar refractivity (Wildman–Crippen MR) is 64.1 cm³/mol. The van der Waals surface area contributed by atoms with Crippen molar-refractivity contribution >= 4 is 0 Å². The molecular formula is C12H27NO2. The van der Waals surface area contributed by atoms with Gasteiger partial charge in [0.05, 0.1) is 12.7 Å². The van der Waals surface area contributed by atoms with Gasteiger partial charge in [0.25, 0.3) is 0 Å². The van der Waals surface area contributed by atoms with E-state index in [1.807, 2.05) is 0 Å². The van der Waals surface area contributed by atoms with E-state index in [-0.39, 0.29) is 12.1 Å². The number of hydrogen-bond acceptors (Lipinski definition) is 3. The zero-order valence-electron chi connectivity index (χ0n) is 10.7. The van der Waals surface area contributed by atoms with Gasteiger partial charge in [-0.05, 0) is 19.4 Å². The number of nitrogens with zero attached hydrogens (tertiary/aromatic N) is 1. The van der Waals surface area contributed by atoms with Gasteiger partial charge >= 0.3 is 0 Å². The molecule has 0 aromatic heterocycles. The second-order valence-electron chi connectivity index (χ2n) is 3.95. The highest BCUT2D eigenvalue weighted by molar-refractivity contribution is 4.77. The highest BCUT2D eigenvalue weighted by Crippen LogP contribution is 2.13. The van der Waals surface area contributed by atoms with Gasteiger partial charge < -0.3 is 9.84 Å². The minimum Gasteiger partial charge on any atom is -0.391 e. The van der Waals surface area contributed by atoms with E-state index in [9.17, 15) is 5.11 Å². The Bertz CT molecular complexity index is 142. The van der Waals surface area contributed by atoms with Gasteiger partial charge in [-0.2, -0.15) is 0 Å². The summed E-state index contributed by atoms with van der Waals surface area (Å²) >= 11 is 0. The highest BCUT2D eigenvalue weighted by atomic mass is 16.5. The van der Waals surface area contributed by atoms with Crippen LogP contribution in [0.2, 0.25) is 0 Å². The first kappa shape index (κ1) is 14.9. The number of hydrogen-bond donors (Lipinski definition) is 1. The van der Waals surface area contributed by atoms with E-state index in [1.54, 1.807) is 7.11 Å². The zero-order chi connectivity index (χ0) is 11.7. The number of likely N-dealkylation sites (N-methyl/N-ethyl adjacent to an activating group) is 1. The minimum atomic E-state index is -0.197. The number of methoxy groups -OCH3 is 1. The molecule has 0 aromatic rings. The molecule has 15 heavy (non-hydrogen) atoms. The first-order valence-electron chi connectivity index (χ1n) is 6.12. The highest BCUT2D eigenvalue weighted by Gasteiger charge is 2.22. The number of rotatable bonds is 9. The van der Waals surface area contributed by atoms with Crippen molar-refractivity contribution < 1.29 is 9.84 Å². The van der Waals surface area contributed by atoms with E-state index in [1.165, 1.54) is 0 Å². The SMILES string of the molecule is CCCC(O)C(CC)N(CC)CCOC. The lowest BCUT2D eigenvalue weighted by molar-refractivity contribution is 0.0298. The average molecular weight is 217 g/mol. The first-order valence-corrected chi connectivity index (χ1v) is 6.12. The summed E-state index contributed by atoms with van der Waals surface area (Å²) in [5, 5.41) is 10.0. The molecule has 0 rings (SSSR count). The van der Waals surface area contributed by atoms with E-state index < -0.39 is 0 Å². The molecule has 0 aliphatic heterocycles. The fourth-order valence-electron chi connectivity index (χ4n) is 2.03. The van der Waals surface area contributed by atoms with Crippen LogP contribution >= 0.6 is 0 Å². The Kier molecular flexibility index (Phi) is 9.06. The maximum absolute atomic E-state index is 10.0. The minimum absolute atomic E-state index is 0.197. The maximum atomic E-state index is 10.0. The number of aliphatic hydroxyl groups is 1. The third kappa shape index (κ3) is 5.50. The van der Waals surface area contributed by atoms with Crippen molar-refractivity contribution in [1.29, 1.82) is 0 Å². The van der Waals surface area contributed by atoms with Crippen molar-refractivity contribution in [3.8, 4) is 0 Å². The van der Waals surface area contributed by atoms with Crippen LogP contribution in [0.1, 0.15) is 40.0 Å². The van der Waals surface area contributed by atoms with E-state index in [4.69, 9.17) is 4.74 Å². The molecule has 0 amide bonds. The van der Waals surface area contributed by atoms with Gasteiger partial charge in [-0.3, -0.25) is 4.90 Å².